The molecule has 0 spiro atoms. The molecule has 52 heavy (non-hydrogen) atoms. The van der Waals surface area contributed by atoms with Crippen LogP contribution in [0.2, 0.25) is 0 Å². The summed E-state index contributed by atoms with van der Waals surface area (Å²) >= 11 is 1.87. The highest BCUT2D eigenvalue weighted by molar-refractivity contribution is 7.25. The van der Waals surface area contributed by atoms with Crippen molar-refractivity contribution in [3.63, 3.8) is 0 Å². The van der Waals surface area contributed by atoms with Crippen LogP contribution in [0.3, 0.4) is 0 Å². The number of anilines is 3. The third-order valence-electron chi connectivity index (χ3n) is 10.8. The van der Waals surface area contributed by atoms with Gasteiger partial charge in [0.2, 0.25) is 0 Å². The summed E-state index contributed by atoms with van der Waals surface area (Å²) in [6.07, 6.45) is 0.929. The number of hydrogen-bond donors (Lipinski definition) is 0. The number of fused-ring (bicyclic) bond motifs is 9. The zero-order chi connectivity index (χ0) is 34.2. The average Bonchev–Trinajstić information content (AvgIpc) is 3.88. The Morgan fingerprint density at radius 3 is 2.04 bits per heavy atom. The van der Waals surface area contributed by atoms with Gasteiger partial charge in [-0.15, -0.1) is 11.3 Å². The third-order valence-corrected chi connectivity index (χ3v) is 12.0. The Hall–Kier alpha value is -6.42. The van der Waals surface area contributed by atoms with Crippen LogP contribution in [-0.2, 0) is 6.42 Å². The number of thiophene rings is 1. The van der Waals surface area contributed by atoms with Crippen LogP contribution in [0.4, 0.5) is 17.1 Å². The maximum Gasteiger partial charge on any atom is 0.0541 e. The van der Waals surface area contributed by atoms with Gasteiger partial charge in [-0.1, -0.05) is 115 Å². The zero-order valence-corrected chi connectivity index (χ0v) is 29.1. The van der Waals surface area contributed by atoms with E-state index in [9.17, 15) is 0 Å². The molecule has 0 unspecified atom stereocenters. The molecule has 0 saturated carbocycles. The van der Waals surface area contributed by atoms with Gasteiger partial charge < -0.3 is 9.47 Å². The molecule has 2 nitrogen and oxygen atoms in total. The van der Waals surface area contributed by atoms with Crippen LogP contribution in [0.25, 0.3) is 69.9 Å². The quantitative estimate of drug-likeness (QED) is 0.176. The van der Waals surface area contributed by atoms with Gasteiger partial charge in [-0.05, 0) is 100 Å². The zero-order valence-electron chi connectivity index (χ0n) is 28.3. The van der Waals surface area contributed by atoms with E-state index in [4.69, 9.17) is 0 Å². The molecular formula is C49H32N2S. The van der Waals surface area contributed by atoms with E-state index >= 15 is 0 Å². The Bertz CT molecular complexity index is 2990. The fourth-order valence-corrected chi connectivity index (χ4v) is 9.58. The number of aromatic nitrogens is 1. The van der Waals surface area contributed by atoms with Gasteiger partial charge in [0.15, 0.2) is 0 Å². The molecule has 0 atom stereocenters. The van der Waals surface area contributed by atoms with Gasteiger partial charge in [0, 0.05) is 54.4 Å². The first-order valence-electron chi connectivity index (χ1n) is 17.9. The first kappa shape index (κ1) is 29.3. The summed E-state index contributed by atoms with van der Waals surface area (Å²) in [5.74, 6) is 0. The minimum Gasteiger partial charge on any atom is -0.310 e. The highest BCUT2D eigenvalue weighted by Crippen LogP contribution is 2.47. The molecule has 0 N–H and O–H groups in total. The molecule has 0 fully saturated rings. The lowest BCUT2D eigenvalue weighted by molar-refractivity contribution is 1.18. The summed E-state index contributed by atoms with van der Waals surface area (Å²) in [4.78, 5) is 2.47. The second kappa shape index (κ2) is 11.6. The lowest BCUT2D eigenvalue weighted by Gasteiger charge is -2.28. The van der Waals surface area contributed by atoms with Gasteiger partial charge in [0.05, 0.1) is 16.7 Å². The molecule has 2 aromatic heterocycles. The van der Waals surface area contributed by atoms with Crippen molar-refractivity contribution in [2.45, 2.75) is 6.42 Å². The summed E-state index contributed by atoms with van der Waals surface area (Å²) in [5.41, 5.74) is 15.0. The molecule has 0 saturated heterocycles. The standard InChI is InChI=1S/C49H32N2S/c1-2-12-35(13-3-1)51-45-18-8-6-15-40(45)44-29-33(23-28-47(44)51)32-21-24-36(25-22-32)50(37-26-27-42-41-16-7-9-20-48(41)52-49(42)31-37)46-19-10-17-39-38-14-5-4-11-34(38)30-43(39)46/h1-29,31H,30H2. The van der Waals surface area contributed by atoms with Gasteiger partial charge >= 0.3 is 0 Å². The van der Waals surface area contributed by atoms with Crippen molar-refractivity contribution >= 4 is 70.4 Å². The van der Waals surface area contributed by atoms with Crippen LogP contribution in [0.5, 0.6) is 0 Å². The van der Waals surface area contributed by atoms with Crippen molar-refractivity contribution in [2.75, 3.05) is 4.90 Å². The molecule has 8 aromatic carbocycles. The van der Waals surface area contributed by atoms with Gasteiger partial charge in [0.25, 0.3) is 0 Å². The lowest BCUT2D eigenvalue weighted by Crippen LogP contribution is -2.12. The van der Waals surface area contributed by atoms with Crippen LogP contribution < -0.4 is 4.90 Å². The fraction of sp³-hybridized carbons (Fsp3) is 0.0204. The van der Waals surface area contributed by atoms with Crippen molar-refractivity contribution in [3.05, 3.63) is 193 Å². The van der Waals surface area contributed by atoms with Crippen LogP contribution >= 0.6 is 11.3 Å². The number of rotatable bonds is 5. The average molecular weight is 681 g/mol. The molecule has 0 amide bonds. The van der Waals surface area contributed by atoms with Gasteiger partial charge in [-0.25, -0.2) is 0 Å². The lowest BCUT2D eigenvalue weighted by atomic mass is 10.0. The number of para-hydroxylation sites is 2. The molecule has 11 rings (SSSR count). The first-order chi connectivity index (χ1) is 25.8. The predicted molar refractivity (Wildman–Crippen MR) is 222 cm³/mol. The summed E-state index contributed by atoms with van der Waals surface area (Å²) < 4.78 is 5.00. The van der Waals surface area contributed by atoms with Crippen molar-refractivity contribution in [1.29, 1.82) is 0 Å². The van der Waals surface area contributed by atoms with Gasteiger partial charge in [-0.2, -0.15) is 0 Å². The highest BCUT2D eigenvalue weighted by Gasteiger charge is 2.25. The molecule has 244 valence electrons. The maximum atomic E-state index is 2.47. The van der Waals surface area contributed by atoms with Crippen molar-refractivity contribution < 1.29 is 0 Å². The predicted octanol–water partition coefficient (Wildman–Crippen LogP) is 13.9. The van der Waals surface area contributed by atoms with E-state index in [2.05, 4.69) is 191 Å². The Morgan fingerprint density at radius 2 is 1.13 bits per heavy atom. The fourth-order valence-electron chi connectivity index (χ4n) is 8.44. The molecule has 0 radical (unpaired) electrons. The Kier molecular flexibility index (Phi) is 6.52. The summed E-state index contributed by atoms with van der Waals surface area (Å²) in [6, 6.07) is 66.9. The largest absolute Gasteiger partial charge is 0.310 e. The van der Waals surface area contributed by atoms with Crippen molar-refractivity contribution in [3.8, 4) is 27.9 Å². The van der Waals surface area contributed by atoms with E-state index in [1.807, 2.05) is 11.3 Å². The molecule has 0 bridgehead atoms. The maximum absolute atomic E-state index is 2.47. The van der Waals surface area contributed by atoms with E-state index in [-0.39, 0.29) is 0 Å². The van der Waals surface area contributed by atoms with Crippen LogP contribution in [0.15, 0.2) is 182 Å². The van der Waals surface area contributed by atoms with E-state index in [0.717, 1.165) is 12.1 Å². The SMILES string of the molecule is c1ccc(-n2c3ccccc3c3cc(-c4ccc(N(c5ccc6c(c5)sc5ccccc56)c5cccc6c5Cc5ccccc5-6)cc4)ccc32)cc1. The van der Waals surface area contributed by atoms with E-state index in [1.165, 1.54) is 92.4 Å². The minimum absolute atomic E-state index is 0.929. The topological polar surface area (TPSA) is 8.17 Å². The second-order valence-corrected chi connectivity index (χ2v) is 14.8. The van der Waals surface area contributed by atoms with Crippen molar-refractivity contribution in [1.82, 2.24) is 4.57 Å². The first-order valence-corrected chi connectivity index (χ1v) is 18.7. The summed E-state index contributed by atoms with van der Waals surface area (Å²) in [7, 11) is 0. The second-order valence-electron chi connectivity index (χ2n) is 13.7. The molecule has 1 aliphatic rings. The molecular weight excluding hydrogens is 649 g/mol. The monoisotopic (exact) mass is 680 g/mol. The van der Waals surface area contributed by atoms with Gasteiger partial charge in [0.1, 0.15) is 0 Å². The molecule has 10 aromatic rings. The molecule has 1 aliphatic carbocycles. The Balaban J connectivity index is 1.05. The minimum atomic E-state index is 0.929. The third kappa shape index (κ3) is 4.50. The smallest absolute Gasteiger partial charge is 0.0541 e. The normalized spacial score (nSPS) is 12.2. The molecule has 0 aliphatic heterocycles. The number of hydrogen-bond acceptors (Lipinski definition) is 2. The summed E-state index contributed by atoms with van der Waals surface area (Å²) in [5, 5.41) is 5.17. The Morgan fingerprint density at radius 1 is 0.442 bits per heavy atom. The van der Waals surface area contributed by atoms with Gasteiger partial charge in [-0.3, -0.25) is 0 Å². The van der Waals surface area contributed by atoms with Crippen LogP contribution in [0, 0.1) is 0 Å². The highest BCUT2D eigenvalue weighted by atomic mass is 32.1. The van der Waals surface area contributed by atoms with E-state index < -0.39 is 0 Å². The van der Waals surface area contributed by atoms with E-state index in [1.54, 1.807) is 0 Å². The number of benzene rings is 8. The Labute approximate surface area is 306 Å². The number of nitrogens with zero attached hydrogens (tertiary/aromatic N) is 2. The summed E-state index contributed by atoms with van der Waals surface area (Å²) in [6.45, 7) is 0. The van der Waals surface area contributed by atoms with Crippen molar-refractivity contribution in [2.24, 2.45) is 0 Å². The van der Waals surface area contributed by atoms with E-state index in [0.29, 0.717) is 0 Å². The molecule has 3 heteroatoms. The van der Waals surface area contributed by atoms with Crippen LogP contribution in [-0.4, -0.2) is 4.57 Å². The van der Waals surface area contributed by atoms with Crippen LogP contribution in [0.1, 0.15) is 11.1 Å². The molecule has 2 heterocycles.